The van der Waals surface area contributed by atoms with Crippen molar-refractivity contribution < 1.29 is 23.5 Å². The Balaban J connectivity index is 2.08. The fourth-order valence-electron chi connectivity index (χ4n) is 2.40. The zero-order valence-electron chi connectivity index (χ0n) is 14.1. The summed E-state index contributed by atoms with van der Waals surface area (Å²) >= 11 is 0. The van der Waals surface area contributed by atoms with E-state index in [9.17, 15) is 14.0 Å². The van der Waals surface area contributed by atoms with E-state index in [1.54, 1.807) is 11.7 Å². The summed E-state index contributed by atoms with van der Waals surface area (Å²) in [6.45, 7) is 3.56. The van der Waals surface area contributed by atoms with Gasteiger partial charge in [-0.1, -0.05) is 6.07 Å². The second-order valence-corrected chi connectivity index (χ2v) is 5.40. The number of halogens is 1. The molecule has 0 unspecified atom stereocenters. The lowest BCUT2D eigenvalue weighted by Crippen LogP contribution is -2.12. The highest BCUT2D eigenvalue weighted by Gasteiger charge is 2.17. The molecule has 0 fully saturated rings. The van der Waals surface area contributed by atoms with Crippen molar-refractivity contribution in [3.63, 3.8) is 0 Å². The summed E-state index contributed by atoms with van der Waals surface area (Å²) in [5, 5.41) is 4.25. The largest absolute Gasteiger partial charge is 0.465 e. The van der Waals surface area contributed by atoms with Crippen molar-refractivity contribution in [3.8, 4) is 0 Å². The molecule has 0 bridgehead atoms. The number of carbonyl (C=O) groups excluding carboxylic acids is 2. The zero-order chi connectivity index (χ0) is 17.9. The zero-order valence-corrected chi connectivity index (χ0v) is 14.1. The van der Waals surface area contributed by atoms with Gasteiger partial charge in [0.2, 0.25) is 0 Å². The van der Waals surface area contributed by atoms with Gasteiger partial charge in [0.05, 0.1) is 24.8 Å². The van der Waals surface area contributed by atoms with Crippen LogP contribution in [-0.2, 0) is 34.3 Å². The lowest BCUT2D eigenvalue weighted by atomic mass is 10.1. The number of aromatic nitrogens is 2. The van der Waals surface area contributed by atoms with Gasteiger partial charge in [-0.2, -0.15) is 5.10 Å². The number of rotatable bonds is 5. The molecular formula is C17H19FN2O4. The molecule has 1 heterocycles. The standard InChI is InChI=1S/C17H19FN2O4/c1-10-14(11(2)20(3)19-10)8-16(21)24-9-12-5-6-13(18)7-15(12)17(22)23-4/h5-7H,8-9H2,1-4H3. The normalized spacial score (nSPS) is 10.5. The Morgan fingerprint density at radius 1 is 1.29 bits per heavy atom. The number of carbonyl (C=O) groups is 2. The second kappa shape index (κ2) is 7.25. The van der Waals surface area contributed by atoms with Crippen LogP contribution in [0, 0.1) is 19.7 Å². The number of benzene rings is 1. The van der Waals surface area contributed by atoms with Gasteiger partial charge in [0.1, 0.15) is 12.4 Å². The number of ether oxygens (including phenoxy) is 2. The third-order valence-corrected chi connectivity index (χ3v) is 3.85. The first-order valence-electron chi connectivity index (χ1n) is 7.35. The van der Waals surface area contributed by atoms with Gasteiger partial charge < -0.3 is 9.47 Å². The van der Waals surface area contributed by atoms with Gasteiger partial charge in [-0.3, -0.25) is 9.48 Å². The van der Waals surface area contributed by atoms with Crippen molar-refractivity contribution >= 4 is 11.9 Å². The van der Waals surface area contributed by atoms with Crippen molar-refractivity contribution in [1.82, 2.24) is 9.78 Å². The summed E-state index contributed by atoms with van der Waals surface area (Å²) in [5.41, 5.74) is 2.90. The number of nitrogens with zero attached hydrogens (tertiary/aromatic N) is 2. The van der Waals surface area contributed by atoms with Gasteiger partial charge in [0, 0.05) is 23.9 Å². The Bertz CT molecular complexity index is 783. The summed E-state index contributed by atoms with van der Waals surface area (Å²) in [6, 6.07) is 3.66. The van der Waals surface area contributed by atoms with Crippen LogP contribution in [0.2, 0.25) is 0 Å². The highest BCUT2D eigenvalue weighted by atomic mass is 19.1. The highest BCUT2D eigenvalue weighted by molar-refractivity contribution is 5.91. The van der Waals surface area contributed by atoms with Crippen LogP contribution in [0.25, 0.3) is 0 Å². The minimum atomic E-state index is -0.681. The third kappa shape index (κ3) is 3.79. The summed E-state index contributed by atoms with van der Waals surface area (Å²) < 4.78 is 24.8. The molecule has 0 aliphatic carbocycles. The average Bonchev–Trinajstić information content (AvgIpc) is 2.79. The summed E-state index contributed by atoms with van der Waals surface area (Å²) in [5.74, 6) is -1.69. The quantitative estimate of drug-likeness (QED) is 0.784. The van der Waals surface area contributed by atoms with Crippen LogP contribution in [0.1, 0.15) is 32.9 Å². The molecular weight excluding hydrogens is 315 g/mol. The SMILES string of the molecule is COC(=O)c1cc(F)ccc1COC(=O)Cc1c(C)nn(C)c1C. The molecule has 7 heteroatoms. The molecule has 24 heavy (non-hydrogen) atoms. The van der Waals surface area contributed by atoms with E-state index >= 15 is 0 Å². The molecule has 1 aromatic heterocycles. The first-order chi connectivity index (χ1) is 11.3. The fraction of sp³-hybridized carbons (Fsp3) is 0.353. The van der Waals surface area contributed by atoms with Crippen LogP contribution in [0.5, 0.6) is 0 Å². The van der Waals surface area contributed by atoms with E-state index < -0.39 is 17.8 Å². The monoisotopic (exact) mass is 334 g/mol. The average molecular weight is 334 g/mol. The number of aryl methyl sites for hydroxylation is 2. The Morgan fingerprint density at radius 2 is 2.00 bits per heavy atom. The van der Waals surface area contributed by atoms with Gasteiger partial charge in [-0.15, -0.1) is 0 Å². The van der Waals surface area contributed by atoms with Gasteiger partial charge in [-0.25, -0.2) is 9.18 Å². The maximum Gasteiger partial charge on any atom is 0.338 e. The van der Waals surface area contributed by atoms with Crippen LogP contribution in [-0.4, -0.2) is 28.8 Å². The molecule has 1 aromatic carbocycles. The van der Waals surface area contributed by atoms with E-state index in [2.05, 4.69) is 9.84 Å². The molecule has 0 aliphatic heterocycles. The molecule has 0 atom stereocenters. The smallest absolute Gasteiger partial charge is 0.338 e. The molecule has 0 spiro atoms. The van der Waals surface area contributed by atoms with E-state index in [0.29, 0.717) is 5.56 Å². The highest BCUT2D eigenvalue weighted by Crippen LogP contribution is 2.16. The molecule has 0 amide bonds. The maximum atomic E-state index is 13.3. The molecule has 2 rings (SSSR count). The Labute approximate surface area is 139 Å². The van der Waals surface area contributed by atoms with Crippen LogP contribution in [0.15, 0.2) is 18.2 Å². The number of hydrogen-bond donors (Lipinski definition) is 0. The predicted octanol–water partition coefficient (Wildman–Crippen LogP) is 2.25. The minimum absolute atomic E-state index is 0.0408. The van der Waals surface area contributed by atoms with Gasteiger partial charge in [0.15, 0.2) is 0 Å². The lowest BCUT2D eigenvalue weighted by molar-refractivity contribution is -0.144. The van der Waals surface area contributed by atoms with Gasteiger partial charge >= 0.3 is 11.9 Å². The third-order valence-electron chi connectivity index (χ3n) is 3.85. The van der Waals surface area contributed by atoms with E-state index in [4.69, 9.17) is 4.74 Å². The Morgan fingerprint density at radius 3 is 2.58 bits per heavy atom. The second-order valence-electron chi connectivity index (χ2n) is 5.40. The van der Waals surface area contributed by atoms with Crippen molar-refractivity contribution in [1.29, 1.82) is 0 Å². The molecule has 0 saturated carbocycles. The Kier molecular flexibility index (Phi) is 5.33. The van der Waals surface area contributed by atoms with Crippen molar-refractivity contribution in [2.24, 2.45) is 7.05 Å². The van der Waals surface area contributed by atoms with E-state index in [1.807, 2.05) is 13.8 Å². The van der Waals surface area contributed by atoms with E-state index in [0.717, 1.165) is 23.0 Å². The topological polar surface area (TPSA) is 70.4 Å². The number of methoxy groups -OCH3 is 1. The first kappa shape index (κ1) is 17.7. The van der Waals surface area contributed by atoms with E-state index in [-0.39, 0.29) is 18.6 Å². The van der Waals surface area contributed by atoms with Crippen LogP contribution in [0.4, 0.5) is 4.39 Å². The van der Waals surface area contributed by atoms with Gasteiger partial charge in [-0.05, 0) is 26.0 Å². The van der Waals surface area contributed by atoms with Crippen LogP contribution in [0.3, 0.4) is 0 Å². The fourth-order valence-corrected chi connectivity index (χ4v) is 2.40. The van der Waals surface area contributed by atoms with Crippen molar-refractivity contribution in [2.75, 3.05) is 7.11 Å². The van der Waals surface area contributed by atoms with E-state index in [1.165, 1.54) is 19.2 Å². The predicted molar refractivity (Wildman–Crippen MR) is 83.9 cm³/mol. The summed E-state index contributed by atoms with van der Waals surface area (Å²) in [4.78, 5) is 23.7. The van der Waals surface area contributed by atoms with Gasteiger partial charge in [0.25, 0.3) is 0 Å². The molecule has 128 valence electrons. The molecule has 0 aliphatic rings. The summed E-state index contributed by atoms with van der Waals surface area (Å²) in [6.07, 6.45) is 0.0836. The first-order valence-corrected chi connectivity index (χ1v) is 7.35. The summed E-state index contributed by atoms with van der Waals surface area (Å²) in [7, 11) is 3.01. The maximum absolute atomic E-state index is 13.3. The van der Waals surface area contributed by atoms with Crippen molar-refractivity contribution in [2.45, 2.75) is 26.9 Å². The van der Waals surface area contributed by atoms with Crippen LogP contribution >= 0.6 is 0 Å². The minimum Gasteiger partial charge on any atom is -0.465 e. The van der Waals surface area contributed by atoms with Crippen molar-refractivity contribution in [3.05, 3.63) is 52.1 Å². The molecule has 0 radical (unpaired) electrons. The molecule has 6 nitrogen and oxygen atoms in total. The molecule has 2 aromatic rings. The molecule has 0 N–H and O–H groups in total. The number of esters is 2. The Hall–Kier alpha value is -2.70. The molecule has 0 saturated heterocycles. The van der Waals surface area contributed by atoms with Crippen LogP contribution < -0.4 is 0 Å². The number of hydrogen-bond acceptors (Lipinski definition) is 5. The lowest BCUT2D eigenvalue weighted by Gasteiger charge is -2.09.